The first-order chi connectivity index (χ1) is 17.3. The van der Waals surface area contributed by atoms with Gasteiger partial charge in [-0.05, 0) is 67.4 Å². The Kier molecular flexibility index (Phi) is 7.71. The molecule has 0 aromatic heterocycles. The van der Waals surface area contributed by atoms with E-state index in [4.69, 9.17) is 4.74 Å². The number of nitrogens with one attached hydrogen (secondary N) is 1. The number of hydrogen-bond donors (Lipinski definition) is 1. The Bertz CT molecular complexity index is 1340. The van der Waals surface area contributed by atoms with Crippen LogP contribution in [0.5, 0.6) is 0 Å². The summed E-state index contributed by atoms with van der Waals surface area (Å²) < 4.78 is 33.5. The summed E-state index contributed by atoms with van der Waals surface area (Å²) in [5.41, 5.74) is 3.04. The van der Waals surface area contributed by atoms with Gasteiger partial charge in [0.15, 0.2) is 0 Å². The topological polar surface area (TPSA) is 96.0 Å². The molecular weight excluding hydrogens is 478 g/mol. The van der Waals surface area contributed by atoms with Crippen LogP contribution in [0.2, 0.25) is 0 Å². The number of nitrogens with zero attached hydrogens (tertiary/aromatic N) is 2. The van der Waals surface area contributed by atoms with Crippen LogP contribution in [0.15, 0.2) is 77.7 Å². The van der Waals surface area contributed by atoms with Crippen LogP contribution in [-0.2, 0) is 19.6 Å². The maximum atomic E-state index is 13.5. The zero-order valence-electron chi connectivity index (χ0n) is 20.3. The van der Waals surface area contributed by atoms with Gasteiger partial charge in [0.05, 0.1) is 23.8 Å². The third-order valence-corrected chi connectivity index (χ3v) is 7.74. The molecule has 8 nitrogen and oxygen atoms in total. The van der Waals surface area contributed by atoms with Crippen LogP contribution < -0.4 is 9.62 Å². The molecule has 3 aromatic rings. The summed E-state index contributed by atoms with van der Waals surface area (Å²) in [5.74, 6) is -0.589. The summed E-state index contributed by atoms with van der Waals surface area (Å²) in [7, 11) is -4.00. The van der Waals surface area contributed by atoms with Gasteiger partial charge in [0.1, 0.15) is 6.54 Å². The first-order valence-electron chi connectivity index (χ1n) is 11.7. The van der Waals surface area contributed by atoms with Crippen molar-refractivity contribution in [3.63, 3.8) is 0 Å². The Morgan fingerprint density at radius 3 is 2.28 bits per heavy atom. The Balaban J connectivity index is 1.54. The molecule has 0 spiro atoms. The van der Waals surface area contributed by atoms with E-state index in [2.05, 4.69) is 5.32 Å². The van der Waals surface area contributed by atoms with Crippen LogP contribution in [0, 0.1) is 13.8 Å². The molecule has 0 saturated carbocycles. The van der Waals surface area contributed by atoms with Gasteiger partial charge in [-0.3, -0.25) is 13.9 Å². The van der Waals surface area contributed by atoms with E-state index in [0.29, 0.717) is 43.2 Å². The van der Waals surface area contributed by atoms with E-state index in [9.17, 15) is 18.0 Å². The highest BCUT2D eigenvalue weighted by molar-refractivity contribution is 7.92. The zero-order chi connectivity index (χ0) is 25.7. The van der Waals surface area contributed by atoms with Gasteiger partial charge >= 0.3 is 0 Å². The Morgan fingerprint density at radius 2 is 1.61 bits per heavy atom. The van der Waals surface area contributed by atoms with E-state index in [-0.39, 0.29) is 10.8 Å². The number of carbonyl (C=O) groups excluding carboxylic acids is 2. The second-order valence-electron chi connectivity index (χ2n) is 8.64. The maximum Gasteiger partial charge on any atom is 0.264 e. The van der Waals surface area contributed by atoms with E-state index in [1.54, 1.807) is 53.4 Å². The summed E-state index contributed by atoms with van der Waals surface area (Å²) >= 11 is 0. The molecule has 9 heteroatoms. The van der Waals surface area contributed by atoms with Crippen LogP contribution >= 0.6 is 0 Å². The molecule has 0 aliphatic carbocycles. The van der Waals surface area contributed by atoms with Gasteiger partial charge in [0.25, 0.3) is 15.9 Å². The molecular formula is C27H29N3O5S. The first kappa shape index (κ1) is 25.4. The normalized spacial score (nSPS) is 13.8. The number of ether oxygens (including phenoxy) is 1. The van der Waals surface area contributed by atoms with E-state index < -0.39 is 22.5 Å². The van der Waals surface area contributed by atoms with Gasteiger partial charge in [-0.15, -0.1) is 0 Å². The summed E-state index contributed by atoms with van der Waals surface area (Å²) in [6.45, 7) is 5.39. The minimum atomic E-state index is -4.00. The predicted molar refractivity (Wildman–Crippen MR) is 139 cm³/mol. The lowest BCUT2D eigenvalue weighted by Crippen LogP contribution is -2.40. The number of amides is 2. The molecule has 36 heavy (non-hydrogen) atoms. The minimum Gasteiger partial charge on any atom is -0.378 e. The monoisotopic (exact) mass is 507 g/mol. The smallest absolute Gasteiger partial charge is 0.264 e. The molecule has 2 amide bonds. The third-order valence-electron chi connectivity index (χ3n) is 5.97. The largest absolute Gasteiger partial charge is 0.378 e. The molecule has 1 saturated heterocycles. The summed E-state index contributed by atoms with van der Waals surface area (Å²) in [6, 6.07) is 20.1. The van der Waals surface area contributed by atoms with E-state index in [1.165, 1.54) is 12.1 Å². The van der Waals surface area contributed by atoms with Crippen LogP contribution in [0.4, 0.5) is 11.4 Å². The molecule has 1 heterocycles. The van der Waals surface area contributed by atoms with E-state index in [1.807, 2.05) is 26.0 Å². The number of sulfonamides is 1. The third kappa shape index (κ3) is 5.75. The van der Waals surface area contributed by atoms with Crippen molar-refractivity contribution < 1.29 is 22.7 Å². The number of benzene rings is 3. The lowest BCUT2D eigenvalue weighted by atomic mass is 10.1. The molecule has 0 bridgehead atoms. The fraction of sp³-hybridized carbons (Fsp3) is 0.259. The molecule has 1 N–H and O–H groups in total. The lowest BCUT2D eigenvalue weighted by molar-refractivity contribution is -0.114. The average Bonchev–Trinajstić information content (AvgIpc) is 2.90. The molecule has 3 aromatic carbocycles. The lowest BCUT2D eigenvalue weighted by Gasteiger charge is -2.27. The highest BCUT2D eigenvalue weighted by Gasteiger charge is 2.28. The Hall–Kier alpha value is -3.69. The number of rotatable bonds is 7. The summed E-state index contributed by atoms with van der Waals surface area (Å²) in [5, 5.41) is 2.76. The van der Waals surface area contributed by atoms with Crippen LogP contribution in [0.1, 0.15) is 21.5 Å². The fourth-order valence-corrected chi connectivity index (χ4v) is 5.48. The SMILES string of the molecule is Cc1ccc(C)c(N(CC(=O)Nc2ccc(C(=O)N3CCOCC3)cc2)S(=O)(=O)c2ccccc2)c1. The van der Waals surface area contributed by atoms with Crippen molar-refractivity contribution in [2.75, 3.05) is 42.5 Å². The van der Waals surface area contributed by atoms with Crippen molar-refractivity contribution in [1.82, 2.24) is 4.90 Å². The van der Waals surface area contributed by atoms with Crippen molar-refractivity contribution in [3.8, 4) is 0 Å². The molecule has 0 unspecified atom stereocenters. The molecule has 0 atom stereocenters. The van der Waals surface area contributed by atoms with Crippen molar-refractivity contribution in [1.29, 1.82) is 0 Å². The number of morpholine rings is 1. The Labute approximate surface area is 211 Å². The predicted octanol–water partition coefficient (Wildman–Crippen LogP) is 3.61. The van der Waals surface area contributed by atoms with Gasteiger partial charge < -0.3 is 15.0 Å². The van der Waals surface area contributed by atoms with Crippen LogP contribution in [0.3, 0.4) is 0 Å². The van der Waals surface area contributed by atoms with Crippen LogP contribution in [0.25, 0.3) is 0 Å². The van der Waals surface area contributed by atoms with Gasteiger partial charge in [0.2, 0.25) is 5.91 Å². The van der Waals surface area contributed by atoms with Gasteiger partial charge in [0, 0.05) is 24.3 Å². The zero-order valence-corrected chi connectivity index (χ0v) is 21.1. The Morgan fingerprint density at radius 1 is 0.944 bits per heavy atom. The summed E-state index contributed by atoms with van der Waals surface area (Å²) in [4.78, 5) is 27.5. The van der Waals surface area contributed by atoms with Gasteiger partial charge in [-0.25, -0.2) is 8.42 Å². The van der Waals surface area contributed by atoms with Gasteiger partial charge in [-0.2, -0.15) is 0 Å². The standard InChI is InChI=1S/C27H29N3O5S/c1-20-8-9-21(2)25(18-20)30(36(33,34)24-6-4-3-5-7-24)19-26(31)28-23-12-10-22(11-13-23)27(32)29-14-16-35-17-15-29/h3-13,18H,14-17,19H2,1-2H3,(H,28,31). The summed E-state index contributed by atoms with van der Waals surface area (Å²) in [6.07, 6.45) is 0. The number of aryl methyl sites for hydroxylation is 2. The number of anilines is 2. The number of carbonyl (C=O) groups is 2. The second-order valence-corrected chi connectivity index (χ2v) is 10.5. The highest BCUT2D eigenvalue weighted by Crippen LogP contribution is 2.28. The van der Waals surface area contributed by atoms with Gasteiger partial charge in [-0.1, -0.05) is 30.3 Å². The van der Waals surface area contributed by atoms with Crippen LogP contribution in [-0.4, -0.2) is 58.0 Å². The average molecular weight is 508 g/mol. The molecule has 1 aliphatic rings. The molecule has 1 fully saturated rings. The quantitative estimate of drug-likeness (QED) is 0.527. The van der Waals surface area contributed by atoms with Crippen molar-refractivity contribution in [2.24, 2.45) is 0 Å². The van der Waals surface area contributed by atoms with E-state index >= 15 is 0 Å². The minimum absolute atomic E-state index is 0.0915. The molecule has 0 radical (unpaired) electrons. The molecule has 188 valence electrons. The van der Waals surface area contributed by atoms with Crippen molar-refractivity contribution >= 4 is 33.2 Å². The number of hydrogen-bond acceptors (Lipinski definition) is 5. The van der Waals surface area contributed by atoms with Crippen molar-refractivity contribution in [2.45, 2.75) is 18.7 Å². The fourth-order valence-electron chi connectivity index (χ4n) is 3.98. The molecule has 4 rings (SSSR count). The van der Waals surface area contributed by atoms with Crippen molar-refractivity contribution in [3.05, 3.63) is 89.5 Å². The molecule has 1 aliphatic heterocycles. The first-order valence-corrected chi connectivity index (χ1v) is 13.1. The van der Waals surface area contributed by atoms with E-state index in [0.717, 1.165) is 15.4 Å². The highest BCUT2D eigenvalue weighted by atomic mass is 32.2. The second kappa shape index (κ2) is 10.9. The maximum absolute atomic E-state index is 13.5.